The smallest absolute Gasteiger partial charge is 0.253 e. The summed E-state index contributed by atoms with van der Waals surface area (Å²) in [6.07, 6.45) is 0. The Hall–Kier alpha value is -3.73. The topological polar surface area (TPSA) is 59.8 Å². The van der Waals surface area contributed by atoms with Crippen molar-refractivity contribution in [2.45, 2.75) is 27.3 Å². The monoisotopic (exact) mass is 396 g/mol. The molecule has 30 heavy (non-hydrogen) atoms. The van der Waals surface area contributed by atoms with Gasteiger partial charge < -0.3 is 5.32 Å². The van der Waals surface area contributed by atoms with Crippen LogP contribution in [-0.4, -0.2) is 20.7 Å². The van der Waals surface area contributed by atoms with Gasteiger partial charge in [0.15, 0.2) is 0 Å². The fourth-order valence-electron chi connectivity index (χ4n) is 3.59. The van der Waals surface area contributed by atoms with Crippen LogP contribution in [0.5, 0.6) is 0 Å². The molecule has 0 aliphatic carbocycles. The molecule has 1 amide bonds. The second-order valence-corrected chi connectivity index (χ2v) is 7.27. The van der Waals surface area contributed by atoms with Crippen molar-refractivity contribution in [1.82, 2.24) is 20.1 Å². The largest absolute Gasteiger partial charge is 0.348 e. The maximum Gasteiger partial charge on any atom is 0.253 e. The number of rotatable bonds is 5. The molecule has 0 saturated carbocycles. The summed E-state index contributed by atoms with van der Waals surface area (Å²) in [5.41, 5.74) is 7.15. The minimum absolute atomic E-state index is 0.133. The molecule has 0 bridgehead atoms. The standard InChI is InChI=1S/C25H24N4O/c1-17-22(14-15-24(27-17)20-10-6-4-7-11-20)25(30)26-16-23-18(2)28-29(19(23)3)21-12-8-5-9-13-21/h4-15H,16H2,1-3H3,(H,26,30). The molecule has 4 aromatic rings. The molecule has 5 heteroatoms. The summed E-state index contributed by atoms with van der Waals surface area (Å²) >= 11 is 0. The summed E-state index contributed by atoms with van der Waals surface area (Å²) in [6, 6.07) is 23.7. The summed E-state index contributed by atoms with van der Waals surface area (Å²) < 4.78 is 1.91. The van der Waals surface area contributed by atoms with E-state index in [1.54, 1.807) is 0 Å². The first-order valence-electron chi connectivity index (χ1n) is 9.96. The van der Waals surface area contributed by atoms with E-state index in [4.69, 9.17) is 0 Å². The molecule has 0 aliphatic heterocycles. The van der Waals surface area contributed by atoms with Crippen molar-refractivity contribution in [3.8, 4) is 16.9 Å². The van der Waals surface area contributed by atoms with E-state index in [9.17, 15) is 4.79 Å². The van der Waals surface area contributed by atoms with Crippen molar-refractivity contribution in [3.05, 3.63) is 101 Å². The Balaban J connectivity index is 1.51. The van der Waals surface area contributed by atoms with Crippen LogP contribution in [0.1, 0.15) is 33.0 Å². The molecule has 1 N–H and O–H groups in total. The number of para-hydroxylation sites is 1. The van der Waals surface area contributed by atoms with Gasteiger partial charge in [-0.05, 0) is 45.0 Å². The minimum Gasteiger partial charge on any atom is -0.348 e. The van der Waals surface area contributed by atoms with Crippen molar-refractivity contribution in [1.29, 1.82) is 0 Å². The van der Waals surface area contributed by atoms with Crippen LogP contribution in [0.25, 0.3) is 16.9 Å². The van der Waals surface area contributed by atoms with Gasteiger partial charge in [0.2, 0.25) is 0 Å². The third-order valence-corrected chi connectivity index (χ3v) is 5.27. The van der Waals surface area contributed by atoms with Crippen molar-refractivity contribution >= 4 is 5.91 Å². The Morgan fingerprint density at radius 2 is 1.53 bits per heavy atom. The fourth-order valence-corrected chi connectivity index (χ4v) is 3.59. The first-order valence-corrected chi connectivity index (χ1v) is 9.96. The summed E-state index contributed by atoms with van der Waals surface area (Å²) in [7, 11) is 0. The number of hydrogen-bond donors (Lipinski definition) is 1. The lowest BCUT2D eigenvalue weighted by Crippen LogP contribution is -2.24. The number of pyridine rings is 1. The lowest BCUT2D eigenvalue weighted by atomic mass is 10.1. The molecule has 2 aromatic heterocycles. The highest BCUT2D eigenvalue weighted by Crippen LogP contribution is 2.20. The number of benzene rings is 2. The van der Waals surface area contributed by atoms with Gasteiger partial charge in [0.1, 0.15) is 0 Å². The van der Waals surface area contributed by atoms with E-state index in [1.165, 1.54) is 0 Å². The van der Waals surface area contributed by atoms with Gasteiger partial charge in [-0.25, -0.2) is 4.68 Å². The molecule has 0 radical (unpaired) electrons. The number of nitrogens with zero attached hydrogens (tertiary/aromatic N) is 3. The van der Waals surface area contributed by atoms with E-state index in [-0.39, 0.29) is 5.91 Å². The van der Waals surface area contributed by atoms with Crippen LogP contribution in [0.3, 0.4) is 0 Å². The summed E-state index contributed by atoms with van der Waals surface area (Å²) in [6.45, 7) is 6.28. The van der Waals surface area contributed by atoms with Gasteiger partial charge in [-0.1, -0.05) is 48.5 Å². The second-order valence-electron chi connectivity index (χ2n) is 7.27. The predicted molar refractivity (Wildman–Crippen MR) is 119 cm³/mol. The van der Waals surface area contributed by atoms with Crippen LogP contribution in [0.2, 0.25) is 0 Å². The Bertz CT molecular complexity index is 1180. The highest BCUT2D eigenvalue weighted by Gasteiger charge is 2.16. The zero-order valence-electron chi connectivity index (χ0n) is 17.4. The first kappa shape index (κ1) is 19.6. The van der Waals surface area contributed by atoms with Gasteiger partial charge >= 0.3 is 0 Å². The zero-order valence-corrected chi connectivity index (χ0v) is 17.4. The van der Waals surface area contributed by atoms with Crippen LogP contribution < -0.4 is 5.32 Å². The van der Waals surface area contributed by atoms with Gasteiger partial charge in [-0.2, -0.15) is 5.10 Å². The highest BCUT2D eigenvalue weighted by atomic mass is 16.1. The lowest BCUT2D eigenvalue weighted by Gasteiger charge is -2.10. The van der Waals surface area contributed by atoms with E-state index >= 15 is 0 Å². The molecule has 0 spiro atoms. The van der Waals surface area contributed by atoms with E-state index in [2.05, 4.69) is 15.4 Å². The lowest BCUT2D eigenvalue weighted by molar-refractivity contribution is 0.0950. The average Bonchev–Trinajstić information content (AvgIpc) is 3.06. The molecule has 150 valence electrons. The molecule has 0 unspecified atom stereocenters. The number of hydrogen-bond acceptors (Lipinski definition) is 3. The van der Waals surface area contributed by atoms with Crippen LogP contribution in [0.15, 0.2) is 72.8 Å². The van der Waals surface area contributed by atoms with E-state index < -0.39 is 0 Å². The maximum absolute atomic E-state index is 12.8. The average molecular weight is 396 g/mol. The quantitative estimate of drug-likeness (QED) is 0.528. The Labute approximate surface area is 176 Å². The maximum atomic E-state index is 12.8. The molecular weight excluding hydrogens is 372 g/mol. The SMILES string of the molecule is Cc1nc(-c2ccccc2)ccc1C(=O)NCc1c(C)nn(-c2ccccc2)c1C. The number of aryl methyl sites for hydroxylation is 2. The fraction of sp³-hybridized carbons (Fsp3) is 0.160. The number of amides is 1. The predicted octanol–water partition coefficient (Wildman–Crippen LogP) is 4.79. The van der Waals surface area contributed by atoms with Crippen LogP contribution in [0.4, 0.5) is 0 Å². The van der Waals surface area contributed by atoms with E-state index in [0.717, 1.165) is 33.9 Å². The van der Waals surface area contributed by atoms with Crippen molar-refractivity contribution in [2.24, 2.45) is 0 Å². The van der Waals surface area contributed by atoms with Crippen LogP contribution in [0, 0.1) is 20.8 Å². The van der Waals surface area contributed by atoms with Crippen molar-refractivity contribution < 1.29 is 4.79 Å². The van der Waals surface area contributed by atoms with Gasteiger partial charge in [0.25, 0.3) is 5.91 Å². The van der Waals surface area contributed by atoms with Crippen molar-refractivity contribution in [3.63, 3.8) is 0 Å². The molecule has 0 saturated heterocycles. The molecule has 2 heterocycles. The zero-order chi connectivity index (χ0) is 21.1. The number of carbonyl (C=O) groups excluding carboxylic acids is 1. The number of aromatic nitrogens is 3. The summed E-state index contributed by atoms with van der Waals surface area (Å²) in [4.78, 5) is 17.4. The first-order chi connectivity index (χ1) is 14.5. The van der Waals surface area contributed by atoms with Crippen LogP contribution >= 0.6 is 0 Å². The van der Waals surface area contributed by atoms with Gasteiger partial charge in [-0.15, -0.1) is 0 Å². The molecule has 5 nitrogen and oxygen atoms in total. The Morgan fingerprint density at radius 3 is 2.20 bits per heavy atom. The minimum atomic E-state index is -0.133. The third kappa shape index (κ3) is 3.87. The van der Waals surface area contributed by atoms with E-state index in [0.29, 0.717) is 17.8 Å². The van der Waals surface area contributed by atoms with Gasteiger partial charge in [0.05, 0.1) is 28.3 Å². The van der Waals surface area contributed by atoms with Crippen LogP contribution in [-0.2, 0) is 6.54 Å². The van der Waals surface area contributed by atoms with Gasteiger partial charge in [0, 0.05) is 23.4 Å². The molecule has 0 atom stereocenters. The number of carbonyl (C=O) groups is 1. The molecule has 0 aliphatic rings. The molecule has 2 aromatic carbocycles. The molecule has 4 rings (SSSR count). The van der Waals surface area contributed by atoms with E-state index in [1.807, 2.05) is 98.2 Å². The molecule has 0 fully saturated rings. The number of nitrogens with one attached hydrogen (secondary N) is 1. The van der Waals surface area contributed by atoms with Crippen molar-refractivity contribution in [2.75, 3.05) is 0 Å². The van der Waals surface area contributed by atoms with Gasteiger partial charge in [-0.3, -0.25) is 9.78 Å². The Kier molecular flexibility index (Phi) is 5.44. The second kappa shape index (κ2) is 8.33. The summed E-state index contributed by atoms with van der Waals surface area (Å²) in [5, 5.41) is 7.68. The molecular formula is C25H24N4O. The Morgan fingerprint density at radius 1 is 0.867 bits per heavy atom. The third-order valence-electron chi connectivity index (χ3n) is 5.27. The normalized spacial score (nSPS) is 10.8. The summed E-state index contributed by atoms with van der Waals surface area (Å²) in [5.74, 6) is -0.133. The highest BCUT2D eigenvalue weighted by molar-refractivity contribution is 5.95.